The van der Waals surface area contributed by atoms with Crippen LogP contribution in [0.1, 0.15) is 11.1 Å². The maximum atomic E-state index is 5.37. The minimum absolute atomic E-state index is 0.642. The number of thiocarbonyl (C=S) groups is 1. The van der Waals surface area contributed by atoms with Crippen LogP contribution in [-0.2, 0) is 0 Å². The van der Waals surface area contributed by atoms with Crippen LogP contribution in [0.15, 0.2) is 42.5 Å². The van der Waals surface area contributed by atoms with Crippen LogP contribution in [-0.4, -0.2) is 32.4 Å². The van der Waals surface area contributed by atoms with E-state index in [0.717, 1.165) is 30.2 Å². The van der Waals surface area contributed by atoms with Crippen LogP contribution in [0.4, 0.5) is 11.4 Å². The van der Waals surface area contributed by atoms with E-state index in [1.54, 1.807) is 7.11 Å². The van der Waals surface area contributed by atoms with Crippen LogP contribution in [0.5, 0.6) is 5.75 Å². The highest BCUT2D eigenvalue weighted by atomic mass is 32.1. The Kier molecular flexibility index (Phi) is 6.44. The Morgan fingerprint density at radius 2 is 1.71 bits per heavy atom. The number of likely N-dealkylation sites (N-methyl/N-ethyl adjacent to an activating group) is 1. The number of hydrogen-bond acceptors (Lipinski definition) is 3. The highest BCUT2D eigenvalue weighted by Gasteiger charge is 2.03. The van der Waals surface area contributed by atoms with E-state index in [1.807, 2.05) is 24.3 Å². The predicted molar refractivity (Wildman–Crippen MR) is 106 cm³/mol. The predicted octanol–water partition coefficient (Wildman–Crippen LogP) is 3.73. The molecule has 0 aromatic heterocycles. The van der Waals surface area contributed by atoms with Gasteiger partial charge in [-0.1, -0.05) is 6.07 Å². The summed E-state index contributed by atoms with van der Waals surface area (Å²) in [7, 11) is 3.73. The van der Waals surface area contributed by atoms with E-state index < -0.39 is 0 Å². The van der Waals surface area contributed by atoms with Crippen LogP contribution < -0.4 is 20.3 Å². The van der Waals surface area contributed by atoms with Gasteiger partial charge in [0.2, 0.25) is 0 Å². The fourth-order valence-electron chi connectivity index (χ4n) is 2.53. The quantitative estimate of drug-likeness (QED) is 0.782. The number of nitrogens with zero attached hydrogens (tertiary/aromatic N) is 1. The average Bonchev–Trinajstić information content (AvgIpc) is 2.53. The molecule has 0 aliphatic carbocycles. The fraction of sp³-hybridized carbons (Fsp3) is 0.316. The maximum absolute atomic E-state index is 5.37. The van der Waals surface area contributed by atoms with Gasteiger partial charge in [0.15, 0.2) is 5.11 Å². The largest absolute Gasteiger partial charge is 0.497 e. The Hall–Kier alpha value is -2.27. The number of ether oxygens (including phenoxy) is 1. The summed E-state index contributed by atoms with van der Waals surface area (Å²) in [6.45, 7) is 5.77. The van der Waals surface area contributed by atoms with Crippen LogP contribution in [0, 0.1) is 13.8 Å². The third-order valence-electron chi connectivity index (χ3n) is 3.73. The van der Waals surface area contributed by atoms with Gasteiger partial charge < -0.3 is 20.3 Å². The van der Waals surface area contributed by atoms with Crippen molar-refractivity contribution in [1.29, 1.82) is 0 Å². The SMILES string of the molecule is COc1ccc(N(C)CCNC(=S)Nc2cc(C)cc(C)c2)cc1. The van der Waals surface area contributed by atoms with Gasteiger partial charge in [0, 0.05) is 31.5 Å². The second-order valence-electron chi connectivity index (χ2n) is 5.88. The van der Waals surface area contributed by atoms with Gasteiger partial charge in [-0.3, -0.25) is 0 Å². The van der Waals surface area contributed by atoms with E-state index in [0.29, 0.717) is 5.11 Å². The smallest absolute Gasteiger partial charge is 0.170 e. The molecular weight excluding hydrogens is 318 g/mol. The van der Waals surface area contributed by atoms with Gasteiger partial charge in [0.1, 0.15) is 5.75 Å². The molecule has 0 spiro atoms. The molecule has 0 aliphatic rings. The summed E-state index contributed by atoms with van der Waals surface area (Å²) in [5.74, 6) is 0.865. The number of methoxy groups -OCH3 is 1. The van der Waals surface area contributed by atoms with Gasteiger partial charge >= 0.3 is 0 Å². The highest BCUT2D eigenvalue weighted by Crippen LogP contribution is 2.17. The van der Waals surface area contributed by atoms with Gasteiger partial charge in [-0.05, 0) is 73.6 Å². The van der Waals surface area contributed by atoms with Crippen LogP contribution >= 0.6 is 12.2 Å². The first-order valence-corrected chi connectivity index (χ1v) is 8.37. The second-order valence-corrected chi connectivity index (χ2v) is 6.29. The number of hydrogen-bond donors (Lipinski definition) is 2. The summed E-state index contributed by atoms with van der Waals surface area (Å²) in [4.78, 5) is 2.17. The molecule has 0 atom stereocenters. The van der Waals surface area contributed by atoms with Crippen LogP contribution in [0.25, 0.3) is 0 Å². The lowest BCUT2D eigenvalue weighted by Crippen LogP contribution is -2.35. The van der Waals surface area contributed by atoms with E-state index in [4.69, 9.17) is 17.0 Å². The molecule has 2 aromatic carbocycles. The molecule has 0 radical (unpaired) electrons. The van der Waals surface area contributed by atoms with E-state index >= 15 is 0 Å². The number of anilines is 2. The Morgan fingerprint density at radius 3 is 2.29 bits per heavy atom. The molecule has 0 heterocycles. The first-order valence-electron chi connectivity index (χ1n) is 7.96. The van der Waals surface area contributed by atoms with Crippen molar-refractivity contribution >= 4 is 28.7 Å². The molecule has 5 heteroatoms. The monoisotopic (exact) mass is 343 g/mol. The molecule has 0 aliphatic heterocycles. The normalized spacial score (nSPS) is 10.2. The summed E-state index contributed by atoms with van der Waals surface area (Å²) < 4.78 is 5.18. The Balaban J connectivity index is 1.79. The molecule has 0 fully saturated rings. The molecule has 24 heavy (non-hydrogen) atoms. The van der Waals surface area contributed by atoms with Crippen molar-refractivity contribution in [3.05, 3.63) is 53.6 Å². The standard InChI is InChI=1S/C19H25N3OS/c1-14-11-15(2)13-16(12-14)21-19(24)20-9-10-22(3)17-5-7-18(23-4)8-6-17/h5-8,11-13H,9-10H2,1-4H3,(H2,20,21,24). The van der Waals surface area contributed by atoms with Gasteiger partial charge in [0.25, 0.3) is 0 Å². The first kappa shape index (κ1) is 18.1. The number of rotatable bonds is 6. The molecule has 2 N–H and O–H groups in total. The van der Waals surface area contributed by atoms with Crippen LogP contribution in [0.3, 0.4) is 0 Å². The van der Waals surface area contributed by atoms with Crippen molar-refractivity contribution in [1.82, 2.24) is 5.32 Å². The van der Waals surface area contributed by atoms with Gasteiger partial charge in [-0.2, -0.15) is 0 Å². The molecule has 0 bridgehead atoms. The summed E-state index contributed by atoms with van der Waals surface area (Å²) in [6.07, 6.45) is 0. The zero-order valence-corrected chi connectivity index (χ0v) is 15.5. The zero-order chi connectivity index (χ0) is 17.5. The first-order chi connectivity index (χ1) is 11.5. The fourth-order valence-corrected chi connectivity index (χ4v) is 2.74. The maximum Gasteiger partial charge on any atom is 0.170 e. The minimum Gasteiger partial charge on any atom is -0.497 e. The van der Waals surface area contributed by atoms with E-state index in [2.05, 4.69) is 54.6 Å². The topological polar surface area (TPSA) is 36.5 Å². The van der Waals surface area contributed by atoms with Gasteiger partial charge in [0.05, 0.1) is 7.11 Å². The third-order valence-corrected chi connectivity index (χ3v) is 3.97. The summed E-state index contributed by atoms with van der Waals surface area (Å²) in [5, 5.41) is 7.13. The molecule has 0 unspecified atom stereocenters. The van der Waals surface area contributed by atoms with Crippen LogP contribution in [0.2, 0.25) is 0 Å². The van der Waals surface area contributed by atoms with Crippen molar-refractivity contribution in [2.75, 3.05) is 37.5 Å². The second kappa shape index (κ2) is 8.55. The molecule has 2 rings (SSSR count). The average molecular weight is 343 g/mol. The number of nitrogens with one attached hydrogen (secondary N) is 2. The van der Waals surface area contributed by atoms with Gasteiger partial charge in [-0.15, -0.1) is 0 Å². The lowest BCUT2D eigenvalue weighted by molar-refractivity contribution is 0.415. The highest BCUT2D eigenvalue weighted by molar-refractivity contribution is 7.80. The lowest BCUT2D eigenvalue weighted by atomic mass is 10.1. The summed E-state index contributed by atoms with van der Waals surface area (Å²) >= 11 is 5.37. The Labute approximate surface area is 149 Å². The molecule has 0 saturated heterocycles. The van der Waals surface area contributed by atoms with E-state index in [-0.39, 0.29) is 0 Å². The van der Waals surface area contributed by atoms with Crippen molar-refractivity contribution in [2.24, 2.45) is 0 Å². The summed E-state index contributed by atoms with van der Waals surface area (Å²) in [5.41, 5.74) is 4.61. The van der Waals surface area contributed by atoms with Crippen molar-refractivity contribution in [3.63, 3.8) is 0 Å². The molecule has 0 saturated carbocycles. The molecule has 4 nitrogen and oxygen atoms in total. The number of benzene rings is 2. The van der Waals surface area contributed by atoms with E-state index in [1.165, 1.54) is 11.1 Å². The minimum atomic E-state index is 0.642. The van der Waals surface area contributed by atoms with Crippen molar-refractivity contribution < 1.29 is 4.74 Å². The lowest BCUT2D eigenvalue weighted by Gasteiger charge is -2.20. The molecule has 128 valence electrons. The zero-order valence-electron chi connectivity index (χ0n) is 14.7. The molecule has 0 amide bonds. The Morgan fingerprint density at radius 1 is 1.08 bits per heavy atom. The van der Waals surface area contributed by atoms with Crippen molar-refractivity contribution in [3.8, 4) is 5.75 Å². The number of aryl methyl sites for hydroxylation is 2. The summed E-state index contributed by atoms with van der Waals surface area (Å²) in [6, 6.07) is 14.3. The van der Waals surface area contributed by atoms with E-state index in [9.17, 15) is 0 Å². The van der Waals surface area contributed by atoms with Gasteiger partial charge in [-0.25, -0.2) is 0 Å². The molecule has 2 aromatic rings. The third kappa shape index (κ3) is 5.42. The molecular formula is C19H25N3OS. The van der Waals surface area contributed by atoms with Crippen molar-refractivity contribution in [2.45, 2.75) is 13.8 Å². The Bertz CT molecular complexity index is 665.